The van der Waals surface area contributed by atoms with Crippen LogP contribution in [0.5, 0.6) is 0 Å². The summed E-state index contributed by atoms with van der Waals surface area (Å²) in [7, 11) is 0. The summed E-state index contributed by atoms with van der Waals surface area (Å²) in [6.07, 6.45) is 3.08. The Hall–Kier alpha value is 0.0200. The number of unbranched alkanes of at least 4 members (excludes halogenated alkanes) is 1. The van der Waals surface area contributed by atoms with Crippen LogP contribution in [-0.2, 0) is 0 Å². The molecule has 5 N–H and O–H groups in total. The Morgan fingerprint density at radius 3 is 1.75 bits per heavy atom. The first kappa shape index (κ1) is 24.0. The molecule has 0 aliphatic carbocycles. The molecule has 138 valence electrons. The van der Waals surface area contributed by atoms with E-state index in [2.05, 4.69) is 5.32 Å². The van der Waals surface area contributed by atoms with Gasteiger partial charge in [0.1, 0.15) is 0 Å². The molecule has 0 aliphatic heterocycles. The maximum Gasteiger partial charge on any atom is 0.338 e. The zero-order chi connectivity index (χ0) is 18.7. The highest BCUT2D eigenvalue weighted by atomic mass is 35.5. The first-order valence-corrected chi connectivity index (χ1v) is 8.94. The quantitative estimate of drug-likeness (QED) is 0.274. The lowest BCUT2D eigenvalue weighted by Gasteiger charge is -2.08. The standard InChI is InChI=1S/C7HCl5O2.C7H18N2O/c8-2-1(7(13)14)3(9)5(11)6(12)4(2)10;8-4-1-2-5-9-6-3-7-10/h(H,13,14);9-10H,1-8H2. The Kier molecular flexibility index (Phi) is 13.3. The van der Waals surface area contributed by atoms with Gasteiger partial charge in [0.2, 0.25) is 0 Å². The van der Waals surface area contributed by atoms with Gasteiger partial charge < -0.3 is 21.3 Å². The van der Waals surface area contributed by atoms with Crippen LogP contribution >= 0.6 is 58.0 Å². The Bertz CT molecular complexity index is 507. The number of hydrogen-bond acceptors (Lipinski definition) is 4. The fraction of sp³-hybridized carbons (Fsp3) is 0.500. The van der Waals surface area contributed by atoms with Crippen LogP contribution in [0.4, 0.5) is 0 Å². The van der Waals surface area contributed by atoms with Gasteiger partial charge in [0.25, 0.3) is 0 Å². The minimum atomic E-state index is -1.32. The Morgan fingerprint density at radius 1 is 0.875 bits per heavy atom. The second kappa shape index (κ2) is 13.3. The fourth-order valence-electron chi connectivity index (χ4n) is 1.52. The molecule has 0 aromatic heterocycles. The minimum Gasteiger partial charge on any atom is -0.478 e. The van der Waals surface area contributed by atoms with E-state index in [-0.39, 0.29) is 37.3 Å². The molecule has 0 fully saturated rings. The summed E-state index contributed by atoms with van der Waals surface area (Å²) < 4.78 is 0. The topological polar surface area (TPSA) is 95.6 Å². The van der Waals surface area contributed by atoms with Crippen molar-refractivity contribution in [3.63, 3.8) is 0 Å². The van der Waals surface area contributed by atoms with E-state index in [1.165, 1.54) is 0 Å². The lowest BCUT2D eigenvalue weighted by molar-refractivity contribution is 0.0697. The second-order valence-electron chi connectivity index (χ2n) is 4.57. The van der Waals surface area contributed by atoms with Gasteiger partial charge in [-0.25, -0.2) is 4.79 Å². The van der Waals surface area contributed by atoms with E-state index in [9.17, 15) is 4.79 Å². The number of nitrogens with one attached hydrogen (secondary N) is 1. The van der Waals surface area contributed by atoms with Crippen molar-refractivity contribution in [2.75, 3.05) is 26.2 Å². The predicted molar refractivity (Wildman–Crippen MR) is 101 cm³/mol. The van der Waals surface area contributed by atoms with Crippen LogP contribution in [0.3, 0.4) is 0 Å². The minimum absolute atomic E-state index is 0.0617. The van der Waals surface area contributed by atoms with Crippen molar-refractivity contribution in [3.05, 3.63) is 30.7 Å². The molecule has 1 rings (SSSR count). The smallest absolute Gasteiger partial charge is 0.338 e. The van der Waals surface area contributed by atoms with Crippen molar-refractivity contribution in [3.8, 4) is 0 Å². The van der Waals surface area contributed by atoms with Gasteiger partial charge in [-0.1, -0.05) is 58.0 Å². The highest BCUT2D eigenvalue weighted by Gasteiger charge is 2.23. The lowest BCUT2D eigenvalue weighted by Crippen LogP contribution is -2.18. The van der Waals surface area contributed by atoms with Gasteiger partial charge in [-0.05, 0) is 38.9 Å². The number of rotatable bonds is 8. The van der Waals surface area contributed by atoms with Crippen molar-refractivity contribution in [1.82, 2.24) is 5.32 Å². The highest BCUT2D eigenvalue weighted by Crippen LogP contribution is 2.43. The number of aliphatic hydroxyl groups is 1. The molecular weight excluding hydrogens is 421 g/mol. The number of aliphatic hydroxyl groups excluding tert-OH is 1. The molecule has 0 aliphatic rings. The van der Waals surface area contributed by atoms with Crippen LogP contribution in [0.15, 0.2) is 0 Å². The maximum atomic E-state index is 10.7. The van der Waals surface area contributed by atoms with Gasteiger partial charge in [0, 0.05) is 6.61 Å². The molecule has 24 heavy (non-hydrogen) atoms. The van der Waals surface area contributed by atoms with Crippen LogP contribution in [0.1, 0.15) is 29.6 Å². The molecule has 0 saturated carbocycles. The lowest BCUT2D eigenvalue weighted by atomic mass is 10.2. The van der Waals surface area contributed by atoms with Crippen LogP contribution in [0.2, 0.25) is 25.1 Å². The molecule has 0 unspecified atom stereocenters. The molecule has 0 atom stereocenters. The van der Waals surface area contributed by atoms with Gasteiger partial charge in [-0.2, -0.15) is 0 Å². The van der Waals surface area contributed by atoms with Crippen molar-refractivity contribution >= 4 is 64.0 Å². The molecule has 0 amide bonds. The Labute approximate surface area is 166 Å². The second-order valence-corrected chi connectivity index (χ2v) is 6.46. The van der Waals surface area contributed by atoms with Crippen molar-refractivity contribution < 1.29 is 15.0 Å². The van der Waals surface area contributed by atoms with Gasteiger partial charge in [0.15, 0.2) is 0 Å². The van der Waals surface area contributed by atoms with Crippen LogP contribution in [-0.4, -0.2) is 42.4 Å². The van der Waals surface area contributed by atoms with E-state index in [0.29, 0.717) is 0 Å². The van der Waals surface area contributed by atoms with Crippen LogP contribution in [0, 0.1) is 0 Å². The Morgan fingerprint density at radius 2 is 1.33 bits per heavy atom. The average molecular weight is 441 g/mol. The molecule has 0 spiro atoms. The van der Waals surface area contributed by atoms with Crippen molar-refractivity contribution in [2.45, 2.75) is 19.3 Å². The van der Waals surface area contributed by atoms with E-state index < -0.39 is 5.97 Å². The van der Waals surface area contributed by atoms with E-state index in [0.717, 1.165) is 38.9 Å². The summed E-state index contributed by atoms with van der Waals surface area (Å²) >= 11 is 28.2. The summed E-state index contributed by atoms with van der Waals surface area (Å²) in [6.45, 7) is 3.00. The first-order valence-electron chi connectivity index (χ1n) is 7.05. The molecule has 0 radical (unpaired) electrons. The molecule has 10 heteroatoms. The molecular formula is C14H19Cl5N2O3. The third-order valence-corrected chi connectivity index (χ3v) is 5.02. The van der Waals surface area contributed by atoms with Crippen molar-refractivity contribution in [1.29, 1.82) is 0 Å². The van der Waals surface area contributed by atoms with E-state index in [1.807, 2.05) is 0 Å². The number of aromatic carboxylic acids is 1. The normalized spacial score (nSPS) is 10.3. The third kappa shape index (κ3) is 7.93. The monoisotopic (exact) mass is 438 g/mol. The maximum absolute atomic E-state index is 10.7. The molecule has 1 aromatic carbocycles. The summed E-state index contributed by atoms with van der Waals surface area (Å²) in [5.41, 5.74) is 4.95. The van der Waals surface area contributed by atoms with Crippen LogP contribution < -0.4 is 11.1 Å². The largest absolute Gasteiger partial charge is 0.478 e. The molecule has 0 heterocycles. The Balaban J connectivity index is 0.000000470. The van der Waals surface area contributed by atoms with E-state index in [1.54, 1.807) is 0 Å². The first-order chi connectivity index (χ1) is 11.3. The summed E-state index contributed by atoms with van der Waals surface area (Å²) in [6, 6.07) is 0. The third-order valence-electron chi connectivity index (χ3n) is 2.74. The van der Waals surface area contributed by atoms with E-state index >= 15 is 0 Å². The summed E-state index contributed by atoms with van der Waals surface area (Å²) in [5.74, 6) is -1.32. The zero-order valence-corrected chi connectivity index (χ0v) is 16.5. The van der Waals surface area contributed by atoms with E-state index in [4.69, 9.17) is 74.0 Å². The summed E-state index contributed by atoms with van der Waals surface area (Å²) in [5, 5.41) is 19.6. The molecule has 0 saturated heterocycles. The number of halogens is 5. The fourth-order valence-corrected chi connectivity index (χ4v) is 2.82. The molecule has 1 aromatic rings. The SMILES string of the molecule is NCCCCNCCCO.O=C(O)c1c(Cl)c(Cl)c(Cl)c(Cl)c1Cl. The molecule has 5 nitrogen and oxygen atoms in total. The number of nitrogens with two attached hydrogens (primary N) is 1. The summed E-state index contributed by atoms with van der Waals surface area (Å²) in [4.78, 5) is 10.7. The number of carboxylic acids is 1. The number of carbonyl (C=O) groups is 1. The number of hydrogen-bond donors (Lipinski definition) is 4. The van der Waals surface area contributed by atoms with Gasteiger partial charge in [-0.3, -0.25) is 0 Å². The molecule has 0 bridgehead atoms. The highest BCUT2D eigenvalue weighted by molar-refractivity contribution is 6.56. The van der Waals surface area contributed by atoms with Crippen molar-refractivity contribution in [2.24, 2.45) is 5.73 Å². The zero-order valence-electron chi connectivity index (χ0n) is 12.7. The van der Waals surface area contributed by atoms with Gasteiger partial charge in [0.05, 0.1) is 30.7 Å². The number of carboxylic acid groups (broad SMARTS) is 1. The average Bonchev–Trinajstić information content (AvgIpc) is 2.55. The van der Waals surface area contributed by atoms with Gasteiger partial charge >= 0.3 is 5.97 Å². The van der Waals surface area contributed by atoms with Gasteiger partial charge in [-0.15, -0.1) is 0 Å². The van der Waals surface area contributed by atoms with Crippen LogP contribution in [0.25, 0.3) is 0 Å². The number of benzene rings is 1. The predicted octanol–water partition coefficient (Wildman–Crippen LogP) is 4.35.